The van der Waals surface area contributed by atoms with E-state index in [1.807, 2.05) is 0 Å². The Morgan fingerprint density at radius 2 is 1.69 bits per heavy atom. The van der Waals surface area contributed by atoms with Crippen LogP contribution in [0.3, 0.4) is 0 Å². The zero-order valence-electron chi connectivity index (χ0n) is 17.3. The minimum absolute atomic E-state index is 0.119. The van der Waals surface area contributed by atoms with E-state index in [-0.39, 0.29) is 6.79 Å². The van der Waals surface area contributed by atoms with Crippen LogP contribution < -0.4 is 29.6 Å². The fourth-order valence-corrected chi connectivity index (χ4v) is 3.83. The van der Waals surface area contributed by atoms with Crippen LogP contribution in [0.25, 0.3) is 0 Å². The summed E-state index contributed by atoms with van der Waals surface area (Å²) in [5.41, 5.74) is -0.323. The predicted molar refractivity (Wildman–Crippen MR) is 111 cm³/mol. The van der Waals surface area contributed by atoms with Crippen molar-refractivity contribution < 1.29 is 33.3 Å². The van der Waals surface area contributed by atoms with Gasteiger partial charge in [-0.3, -0.25) is 14.5 Å². The highest BCUT2D eigenvalue weighted by Gasteiger charge is 2.49. The molecule has 1 fully saturated rings. The van der Waals surface area contributed by atoms with Crippen molar-refractivity contribution in [2.75, 3.05) is 31.9 Å². The lowest BCUT2D eigenvalue weighted by molar-refractivity contribution is -0.133. The molecule has 0 aromatic heterocycles. The molecule has 3 heterocycles. The molecule has 2 aromatic rings. The average Bonchev–Trinajstić information content (AvgIpc) is 3.22. The summed E-state index contributed by atoms with van der Waals surface area (Å²) in [4.78, 5) is 39.2. The third kappa shape index (κ3) is 3.43. The monoisotopic (exact) mass is 439 g/mol. The molecule has 0 spiro atoms. The van der Waals surface area contributed by atoms with Gasteiger partial charge < -0.3 is 29.6 Å². The third-order valence-electron chi connectivity index (χ3n) is 5.56. The number of anilines is 1. The molecule has 2 N–H and O–H groups in total. The number of hydrogen-bond donors (Lipinski definition) is 2. The van der Waals surface area contributed by atoms with Crippen molar-refractivity contribution in [3.05, 3.63) is 42.0 Å². The van der Waals surface area contributed by atoms with Gasteiger partial charge in [0.05, 0.1) is 13.2 Å². The summed E-state index contributed by atoms with van der Waals surface area (Å²) >= 11 is 0. The first-order valence-corrected chi connectivity index (χ1v) is 10.2. The fraction of sp³-hybridized carbons (Fsp3) is 0.318. The number of nitrogens with one attached hydrogen (secondary N) is 2. The molecule has 3 aliphatic rings. The first-order chi connectivity index (χ1) is 15.4. The number of hydrogen-bond acceptors (Lipinski definition) is 7. The summed E-state index contributed by atoms with van der Waals surface area (Å²) in [5.74, 6) is 1.16. The SMILES string of the molecule is CC1(c2ccc3c(c2)OCCCO3)NC(=O)N(CC(=O)Nc2ccc3c(c2)OCO3)C1=O. The Morgan fingerprint density at radius 3 is 2.53 bits per heavy atom. The maximum Gasteiger partial charge on any atom is 0.325 e. The van der Waals surface area contributed by atoms with E-state index in [2.05, 4.69) is 10.6 Å². The van der Waals surface area contributed by atoms with Gasteiger partial charge in [-0.05, 0) is 36.8 Å². The van der Waals surface area contributed by atoms with Gasteiger partial charge in [0.2, 0.25) is 12.7 Å². The van der Waals surface area contributed by atoms with E-state index in [1.165, 1.54) is 0 Å². The van der Waals surface area contributed by atoms with Crippen molar-refractivity contribution in [3.63, 3.8) is 0 Å². The Balaban J connectivity index is 1.31. The molecule has 3 aliphatic heterocycles. The van der Waals surface area contributed by atoms with Crippen molar-refractivity contribution in [1.82, 2.24) is 10.2 Å². The summed E-state index contributed by atoms with van der Waals surface area (Å²) in [6.45, 7) is 2.33. The second-order valence-electron chi connectivity index (χ2n) is 7.77. The number of benzene rings is 2. The van der Waals surface area contributed by atoms with Crippen LogP contribution in [-0.2, 0) is 15.1 Å². The molecule has 0 aliphatic carbocycles. The summed E-state index contributed by atoms with van der Waals surface area (Å²) in [6, 6.07) is 9.41. The van der Waals surface area contributed by atoms with Gasteiger partial charge in [-0.15, -0.1) is 0 Å². The fourth-order valence-electron chi connectivity index (χ4n) is 3.83. The van der Waals surface area contributed by atoms with E-state index in [9.17, 15) is 14.4 Å². The van der Waals surface area contributed by atoms with Crippen LogP contribution >= 0.6 is 0 Å². The molecule has 1 saturated heterocycles. The number of nitrogens with zero attached hydrogens (tertiary/aromatic N) is 1. The largest absolute Gasteiger partial charge is 0.490 e. The molecule has 1 unspecified atom stereocenters. The van der Waals surface area contributed by atoms with Crippen LogP contribution in [0.5, 0.6) is 23.0 Å². The van der Waals surface area contributed by atoms with Crippen LogP contribution in [0.15, 0.2) is 36.4 Å². The highest BCUT2D eigenvalue weighted by molar-refractivity contribution is 6.10. The third-order valence-corrected chi connectivity index (χ3v) is 5.56. The first kappa shape index (κ1) is 20.0. The average molecular weight is 439 g/mol. The maximum atomic E-state index is 13.2. The summed E-state index contributed by atoms with van der Waals surface area (Å²) in [5, 5.41) is 5.37. The topological polar surface area (TPSA) is 115 Å². The van der Waals surface area contributed by atoms with E-state index >= 15 is 0 Å². The van der Waals surface area contributed by atoms with Gasteiger partial charge in [-0.25, -0.2) is 4.79 Å². The normalized spacial score (nSPS) is 21.2. The molecule has 10 nitrogen and oxygen atoms in total. The Kier molecular flexibility index (Phi) is 4.76. The van der Waals surface area contributed by atoms with Crippen LogP contribution in [0, 0.1) is 0 Å². The number of imide groups is 1. The molecular weight excluding hydrogens is 418 g/mol. The van der Waals surface area contributed by atoms with Crippen LogP contribution in [0.4, 0.5) is 10.5 Å². The molecule has 0 radical (unpaired) electrons. The highest BCUT2D eigenvalue weighted by atomic mass is 16.7. The summed E-state index contributed by atoms with van der Waals surface area (Å²) < 4.78 is 21.9. The molecule has 4 amide bonds. The van der Waals surface area contributed by atoms with E-state index in [0.29, 0.717) is 47.5 Å². The van der Waals surface area contributed by atoms with Gasteiger partial charge in [-0.1, -0.05) is 6.07 Å². The van der Waals surface area contributed by atoms with Gasteiger partial charge in [-0.2, -0.15) is 0 Å². The van der Waals surface area contributed by atoms with Gasteiger partial charge in [0, 0.05) is 18.2 Å². The minimum atomic E-state index is -1.33. The lowest BCUT2D eigenvalue weighted by atomic mass is 9.91. The number of rotatable bonds is 4. The number of carbonyl (C=O) groups excluding carboxylic acids is 3. The highest BCUT2D eigenvalue weighted by Crippen LogP contribution is 2.37. The van der Waals surface area contributed by atoms with E-state index in [0.717, 1.165) is 11.3 Å². The lowest BCUT2D eigenvalue weighted by Crippen LogP contribution is -2.42. The van der Waals surface area contributed by atoms with E-state index in [4.69, 9.17) is 18.9 Å². The second kappa shape index (κ2) is 7.63. The molecule has 166 valence electrons. The lowest BCUT2D eigenvalue weighted by Gasteiger charge is -2.23. The molecule has 10 heteroatoms. The van der Waals surface area contributed by atoms with E-state index in [1.54, 1.807) is 43.3 Å². The Morgan fingerprint density at radius 1 is 1.00 bits per heavy atom. The van der Waals surface area contributed by atoms with Crippen molar-refractivity contribution in [2.45, 2.75) is 18.9 Å². The van der Waals surface area contributed by atoms with Crippen LogP contribution in [0.1, 0.15) is 18.9 Å². The zero-order chi connectivity index (χ0) is 22.3. The molecule has 5 rings (SSSR count). The van der Waals surface area contributed by atoms with Gasteiger partial charge in [0.1, 0.15) is 12.1 Å². The zero-order valence-corrected chi connectivity index (χ0v) is 17.3. The first-order valence-electron chi connectivity index (χ1n) is 10.2. The van der Waals surface area contributed by atoms with Gasteiger partial charge in [0.15, 0.2) is 23.0 Å². The smallest absolute Gasteiger partial charge is 0.325 e. The minimum Gasteiger partial charge on any atom is -0.490 e. The van der Waals surface area contributed by atoms with Crippen molar-refractivity contribution in [2.24, 2.45) is 0 Å². The maximum absolute atomic E-state index is 13.2. The molecule has 2 aromatic carbocycles. The molecule has 0 saturated carbocycles. The number of amides is 4. The number of ether oxygens (including phenoxy) is 4. The Labute approximate surface area is 183 Å². The Hall–Kier alpha value is -3.95. The number of fused-ring (bicyclic) bond motifs is 2. The van der Waals surface area contributed by atoms with Crippen molar-refractivity contribution >= 4 is 23.5 Å². The second-order valence-corrected chi connectivity index (χ2v) is 7.77. The van der Waals surface area contributed by atoms with Crippen molar-refractivity contribution in [3.8, 4) is 23.0 Å². The number of carbonyl (C=O) groups is 3. The standard InChI is InChI=1S/C22H21N3O7/c1-22(13-3-5-15-17(9-13)30-8-2-7-29-15)20(27)25(21(28)24-22)11-19(26)23-14-4-6-16-18(10-14)32-12-31-16/h3-6,9-10H,2,7-8,11-12H2,1H3,(H,23,26)(H,24,28). The quantitative estimate of drug-likeness (QED) is 0.700. The van der Waals surface area contributed by atoms with Gasteiger partial charge in [0.25, 0.3) is 5.91 Å². The molecule has 32 heavy (non-hydrogen) atoms. The van der Waals surface area contributed by atoms with Gasteiger partial charge >= 0.3 is 6.03 Å². The molecule has 0 bridgehead atoms. The predicted octanol–water partition coefficient (Wildman–Crippen LogP) is 1.98. The molecule has 1 atom stereocenters. The Bertz CT molecular complexity index is 1120. The summed E-state index contributed by atoms with van der Waals surface area (Å²) in [7, 11) is 0. The molecular formula is C22H21N3O7. The van der Waals surface area contributed by atoms with Crippen molar-refractivity contribution in [1.29, 1.82) is 0 Å². The summed E-state index contributed by atoms with van der Waals surface area (Å²) in [6.07, 6.45) is 0.753. The van der Waals surface area contributed by atoms with E-state index < -0.39 is 29.9 Å². The van der Waals surface area contributed by atoms with Crippen LogP contribution in [0.2, 0.25) is 0 Å². The number of urea groups is 1. The van der Waals surface area contributed by atoms with Crippen LogP contribution in [-0.4, -0.2) is 49.3 Å².